The molecule has 37 heavy (non-hydrogen) atoms. The highest BCUT2D eigenvalue weighted by Gasteiger charge is 1.96. The molecule has 0 fully saturated rings. The van der Waals surface area contributed by atoms with Crippen molar-refractivity contribution in [2.24, 2.45) is 5.11 Å². The maximum atomic E-state index is 8.11. The van der Waals surface area contributed by atoms with E-state index in [1.807, 2.05) is 0 Å². The summed E-state index contributed by atoms with van der Waals surface area (Å²) in [5.74, 6) is 0. The van der Waals surface area contributed by atoms with Gasteiger partial charge in [-0.2, -0.15) is 0 Å². The smallest absolute Gasteiger partial charge is 0.0701 e. The van der Waals surface area contributed by atoms with E-state index >= 15 is 0 Å². The molecular weight excluding hydrogens is 494 g/mol. The molecule has 0 bridgehead atoms. The fraction of sp³-hybridized carbons (Fsp3) is 1.00. The van der Waals surface area contributed by atoms with Crippen molar-refractivity contribution in [2.45, 2.75) is 0 Å². The van der Waals surface area contributed by atoms with Gasteiger partial charge in [0.25, 0.3) is 0 Å². The Labute approximate surface area is 220 Å². The van der Waals surface area contributed by atoms with Gasteiger partial charge in [-0.3, -0.25) is 0 Å². The number of azide groups is 1. The SMILES string of the molecule is COCCOCCOCCOCCOCCOCCOCCOCCOCCOCCOCCN=[N+]=[N-]. The van der Waals surface area contributed by atoms with Gasteiger partial charge in [0.1, 0.15) is 0 Å². The predicted molar refractivity (Wildman–Crippen MR) is 134 cm³/mol. The Morgan fingerprint density at radius 3 is 0.811 bits per heavy atom. The molecule has 0 radical (unpaired) electrons. The van der Waals surface area contributed by atoms with Crippen molar-refractivity contribution < 1.29 is 52.1 Å². The lowest BCUT2D eigenvalue weighted by molar-refractivity contribution is -0.0270. The van der Waals surface area contributed by atoms with Gasteiger partial charge in [-0.1, -0.05) is 5.11 Å². The molecule has 14 heteroatoms. The molecule has 14 nitrogen and oxygen atoms in total. The zero-order valence-corrected chi connectivity index (χ0v) is 22.4. The van der Waals surface area contributed by atoms with Gasteiger partial charge in [-0.05, 0) is 5.53 Å². The summed E-state index contributed by atoms with van der Waals surface area (Å²) in [5.41, 5.74) is 8.11. The third-order valence-electron chi connectivity index (χ3n) is 4.18. The fourth-order valence-electron chi connectivity index (χ4n) is 2.37. The van der Waals surface area contributed by atoms with Crippen LogP contribution in [0, 0.1) is 0 Å². The highest BCUT2D eigenvalue weighted by atomic mass is 16.6. The first-order valence-corrected chi connectivity index (χ1v) is 12.7. The maximum absolute atomic E-state index is 8.11. The van der Waals surface area contributed by atoms with Crippen molar-refractivity contribution in [3.05, 3.63) is 10.4 Å². The lowest BCUT2D eigenvalue weighted by atomic mass is 10.6. The standard InChI is InChI=1S/C23H47N3O11/c1-27-4-5-29-8-9-31-12-13-33-16-17-35-20-21-37-23-22-36-19-18-34-15-14-32-11-10-30-7-6-28-3-2-25-26-24/h2-23H2,1H3. The number of hydrogen-bond donors (Lipinski definition) is 0. The Morgan fingerprint density at radius 2 is 0.595 bits per heavy atom. The number of rotatable bonds is 33. The third-order valence-corrected chi connectivity index (χ3v) is 4.18. The van der Waals surface area contributed by atoms with Crippen LogP contribution >= 0.6 is 0 Å². The van der Waals surface area contributed by atoms with Crippen LogP contribution < -0.4 is 0 Å². The molecule has 0 saturated heterocycles. The molecule has 0 aromatic carbocycles. The van der Waals surface area contributed by atoms with E-state index in [-0.39, 0.29) is 0 Å². The lowest BCUT2D eigenvalue weighted by Gasteiger charge is -2.09. The van der Waals surface area contributed by atoms with Crippen LogP contribution in [0.1, 0.15) is 0 Å². The summed E-state index contributed by atoms with van der Waals surface area (Å²) in [6.07, 6.45) is 0. The number of ether oxygens (including phenoxy) is 11. The minimum absolute atomic E-state index is 0.330. The van der Waals surface area contributed by atoms with Crippen LogP contribution in [0.2, 0.25) is 0 Å². The lowest BCUT2D eigenvalue weighted by Crippen LogP contribution is -2.15. The van der Waals surface area contributed by atoms with Gasteiger partial charge in [0, 0.05) is 18.6 Å². The molecule has 0 saturated carbocycles. The second-order valence-electron chi connectivity index (χ2n) is 7.07. The minimum Gasteiger partial charge on any atom is -0.382 e. The van der Waals surface area contributed by atoms with Crippen molar-refractivity contribution in [3.8, 4) is 0 Å². The molecule has 0 aromatic rings. The van der Waals surface area contributed by atoms with Gasteiger partial charge < -0.3 is 52.1 Å². The topological polar surface area (TPSA) is 150 Å². The average Bonchev–Trinajstić information content (AvgIpc) is 2.91. The minimum atomic E-state index is 0.330. The second-order valence-corrected chi connectivity index (χ2v) is 7.07. The van der Waals surface area contributed by atoms with E-state index in [2.05, 4.69) is 10.0 Å². The summed E-state index contributed by atoms with van der Waals surface area (Å²) >= 11 is 0. The molecule has 0 N–H and O–H groups in total. The monoisotopic (exact) mass is 541 g/mol. The van der Waals surface area contributed by atoms with Crippen LogP contribution in [-0.2, 0) is 52.1 Å². The molecule has 0 amide bonds. The summed E-state index contributed by atoms with van der Waals surface area (Å²) in [5, 5.41) is 3.37. The zero-order chi connectivity index (χ0) is 26.7. The molecule has 0 heterocycles. The fourth-order valence-corrected chi connectivity index (χ4v) is 2.37. The molecule has 220 valence electrons. The predicted octanol–water partition coefficient (Wildman–Crippen LogP) is 1.11. The molecule has 0 aliphatic rings. The summed E-state index contributed by atoms with van der Waals surface area (Å²) < 4.78 is 58.7. The van der Waals surface area contributed by atoms with Crippen LogP contribution in [0.5, 0.6) is 0 Å². The first-order valence-electron chi connectivity index (χ1n) is 12.7. The van der Waals surface area contributed by atoms with Gasteiger partial charge in [-0.25, -0.2) is 0 Å². The van der Waals surface area contributed by atoms with Crippen molar-refractivity contribution in [2.75, 3.05) is 152 Å². The van der Waals surface area contributed by atoms with E-state index in [9.17, 15) is 0 Å². The van der Waals surface area contributed by atoms with E-state index in [1.54, 1.807) is 7.11 Å². The Balaban J connectivity index is 3.02. The quantitative estimate of drug-likeness (QED) is 0.0509. The third kappa shape index (κ3) is 34.9. The molecule has 0 unspecified atom stereocenters. The van der Waals surface area contributed by atoms with Crippen molar-refractivity contribution in [3.63, 3.8) is 0 Å². The van der Waals surface area contributed by atoms with Crippen LogP contribution in [0.4, 0.5) is 0 Å². The van der Waals surface area contributed by atoms with E-state index in [4.69, 9.17) is 57.6 Å². The zero-order valence-electron chi connectivity index (χ0n) is 22.4. The number of hydrogen-bond acceptors (Lipinski definition) is 12. The Bertz CT molecular complexity index is 475. The summed E-state index contributed by atoms with van der Waals surface area (Å²) in [6.45, 7) is 11.1. The van der Waals surface area contributed by atoms with E-state index in [0.717, 1.165) is 0 Å². The maximum Gasteiger partial charge on any atom is 0.0701 e. The molecule has 0 spiro atoms. The van der Waals surface area contributed by atoms with Crippen LogP contribution in [0.15, 0.2) is 5.11 Å². The highest BCUT2D eigenvalue weighted by Crippen LogP contribution is 1.87. The van der Waals surface area contributed by atoms with Gasteiger partial charge in [0.15, 0.2) is 0 Å². The summed E-state index contributed by atoms with van der Waals surface area (Å²) in [7, 11) is 1.64. The van der Waals surface area contributed by atoms with Crippen LogP contribution in [-0.4, -0.2) is 152 Å². The normalized spacial score (nSPS) is 11.2. The Kier molecular flexibility index (Phi) is 33.8. The van der Waals surface area contributed by atoms with Crippen molar-refractivity contribution in [1.29, 1.82) is 0 Å². The summed E-state index contributed by atoms with van der Waals surface area (Å²) in [4.78, 5) is 2.64. The van der Waals surface area contributed by atoms with E-state index in [0.29, 0.717) is 145 Å². The Morgan fingerprint density at radius 1 is 0.378 bits per heavy atom. The number of nitrogens with zero attached hydrogens (tertiary/aromatic N) is 3. The van der Waals surface area contributed by atoms with E-state index in [1.165, 1.54) is 0 Å². The first-order chi connectivity index (χ1) is 18.4. The van der Waals surface area contributed by atoms with Gasteiger partial charge in [-0.15, -0.1) is 0 Å². The van der Waals surface area contributed by atoms with Crippen molar-refractivity contribution >= 4 is 0 Å². The largest absolute Gasteiger partial charge is 0.382 e. The molecular formula is C23H47N3O11. The Hall–Kier alpha value is -1.13. The van der Waals surface area contributed by atoms with E-state index < -0.39 is 0 Å². The second kappa shape index (κ2) is 34.9. The molecule has 0 aliphatic carbocycles. The molecule has 0 aliphatic heterocycles. The molecule has 0 aromatic heterocycles. The molecule has 0 rings (SSSR count). The van der Waals surface area contributed by atoms with Gasteiger partial charge >= 0.3 is 0 Å². The van der Waals surface area contributed by atoms with Crippen LogP contribution in [0.25, 0.3) is 10.4 Å². The van der Waals surface area contributed by atoms with Crippen LogP contribution in [0.3, 0.4) is 0 Å². The molecule has 0 atom stereocenters. The number of methoxy groups -OCH3 is 1. The average molecular weight is 542 g/mol. The first kappa shape index (κ1) is 35.9. The highest BCUT2D eigenvalue weighted by molar-refractivity contribution is 4.44. The van der Waals surface area contributed by atoms with Crippen molar-refractivity contribution in [1.82, 2.24) is 0 Å². The van der Waals surface area contributed by atoms with Gasteiger partial charge in [0.05, 0.1) is 139 Å². The van der Waals surface area contributed by atoms with Gasteiger partial charge in [0.2, 0.25) is 0 Å². The summed E-state index contributed by atoms with van der Waals surface area (Å²) in [6, 6.07) is 0.